The van der Waals surface area contributed by atoms with E-state index in [9.17, 15) is 0 Å². The first-order valence-electron chi connectivity index (χ1n) is 4.90. The Morgan fingerprint density at radius 3 is 2.73 bits per heavy atom. The summed E-state index contributed by atoms with van der Waals surface area (Å²) in [5, 5.41) is 1.16. The summed E-state index contributed by atoms with van der Waals surface area (Å²) in [5.74, 6) is 0. The molecule has 1 aromatic rings. The Bertz CT molecular complexity index is 362. The minimum Gasteiger partial charge on any atom is -0.379 e. The lowest BCUT2D eigenvalue weighted by Gasteiger charge is -2.21. The third-order valence-corrected chi connectivity index (χ3v) is 3.41. The third-order valence-electron chi connectivity index (χ3n) is 2.67. The van der Waals surface area contributed by atoms with E-state index in [0.717, 1.165) is 25.0 Å². The standard InChI is InChI=1S/C11H13Cl2NO/c12-9-2-1-8(5-10(9)13)6-11(14)3-4-15-7-11/h1-2,5H,3-4,6-7,14H2. The van der Waals surface area contributed by atoms with E-state index in [0.29, 0.717) is 16.7 Å². The molecule has 2 rings (SSSR count). The smallest absolute Gasteiger partial charge is 0.0650 e. The maximum atomic E-state index is 6.18. The predicted octanol–water partition coefficient (Wildman–Crippen LogP) is 2.65. The summed E-state index contributed by atoms with van der Waals surface area (Å²) < 4.78 is 5.30. The molecule has 0 amide bonds. The van der Waals surface area contributed by atoms with Gasteiger partial charge in [0.15, 0.2) is 0 Å². The molecule has 1 fully saturated rings. The molecule has 0 aliphatic carbocycles. The Kier molecular flexibility index (Phi) is 3.21. The zero-order valence-corrected chi connectivity index (χ0v) is 9.81. The van der Waals surface area contributed by atoms with Gasteiger partial charge < -0.3 is 10.5 Å². The zero-order chi connectivity index (χ0) is 10.9. The molecule has 2 nitrogen and oxygen atoms in total. The topological polar surface area (TPSA) is 35.2 Å². The van der Waals surface area contributed by atoms with Gasteiger partial charge in [0, 0.05) is 12.1 Å². The molecule has 0 bridgehead atoms. The van der Waals surface area contributed by atoms with Gasteiger partial charge in [0.2, 0.25) is 0 Å². The van der Waals surface area contributed by atoms with E-state index in [1.807, 2.05) is 12.1 Å². The molecule has 1 saturated heterocycles. The largest absolute Gasteiger partial charge is 0.379 e. The highest BCUT2D eigenvalue weighted by atomic mass is 35.5. The second-order valence-corrected chi connectivity index (χ2v) is 4.90. The van der Waals surface area contributed by atoms with Crippen molar-refractivity contribution in [3.8, 4) is 0 Å². The van der Waals surface area contributed by atoms with Gasteiger partial charge in [-0.25, -0.2) is 0 Å². The molecule has 4 heteroatoms. The summed E-state index contributed by atoms with van der Waals surface area (Å²) >= 11 is 11.8. The minimum atomic E-state index is -0.239. The molecule has 0 aromatic heterocycles. The van der Waals surface area contributed by atoms with Gasteiger partial charge in [0.05, 0.1) is 16.7 Å². The van der Waals surface area contributed by atoms with E-state index in [1.165, 1.54) is 0 Å². The van der Waals surface area contributed by atoms with Crippen molar-refractivity contribution >= 4 is 23.2 Å². The Morgan fingerprint density at radius 1 is 1.33 bits per heavy atom. The van der Waals surface area contributed by atoms with E-state index in [-0.39, 0.29) is 5.54 Å². The van der Waals surface area contributed by atoms with Crippen LogP contribution < -0.4 is 5.73 Å². The second-order valence-electron chi connectivity index (χ2n) is 4.09. The van der Waals surface area contributed by atoms with E-state index >= 15 is 0 Å². The predicted molar refractivity (Wildman–Crippen MR) is 62.5 cm³/mol. The maximum Gasteiger partial charge on any atom is 0.0650 e. The number of hydrogen-bond acceptors (Lipinski definition) is 2. The molecule has 1 aliphatic rings. The van der Waals surface area contributed by atoms with Crippen LogP contribution in [-0.4, -0.2) is 18.8 Å². The minimum absolute atomic E-state index is 0.239. The SMILES string of the molecule is NC1(Cc2ccc(Cl)c(Cl)c2)CCOC1. The summed E-state index contributed by atoms with van der Waals surface area (Å²) in [6.07, 6.45) is 1.68. The van der Waals surface area contributed by atoms with Crippen molar-refractivity contribution in [2.45, 2.75) is 18.4 Å². The molecular formula is C11H13Cl2NO. The normalized spacial score (nSPS) is 25.8. The zero-order valence-electron chi connectivity index (χ0n) is 8.30. The van der Waals surface area contributed by atoms with Gasteiger partial charge in [-0.15, -0.1) is 0 Å². The fourth-order valence-electron chi connectivity index (χ4n) is 1.82. The Balaban J connectivity index is 2.13. The second kappa shape index (κ2) is 4.30. The molecule has 1 aliphatic heterocycles. The average Bonchev–Trinajstić information content (AvgIpc) is 2.59. The van der Waals surface area contributed by atoms with Gasteiger partial charge >= 0.3 is 0 Å². The molecule has 2 N–H and O–H groups in total. The Labute approximate surface area is 99.3 Å². The summed E-state index contributed by atoms with van der Waals surface area (Å²) in [5.41, 5.74) is 7.05. The van der Waals surface area contributed by atoms with Crippen LogP contribution in [0.5, 0.6) is 0 Å². The van der Waals surface area contributed by atoms with Gasteiger partial charge in [-0.2, -0.15) is 0 Å². The summed E-state index contributed by atoms with van der Waals surface area (Å²) in [7, 11) is 0. The number of benzene rings is 1. The number of nitrogens with two attached hydrogens (primary N) is 1. The van der Waals surface area contributed by atoms with Crippen molar-refractivity contribution in [2.24, 2.45) is 5.73 Å². The summed E-state index contributed by atoms with van der Waals surface area (Å²) in [4.78, 5) is 0. The lowest BCUT2D eigenvalue weighted by atomic mass is 9.91. The summed E-state index contributed by atoms with van der Waals surface area (Å²) in [6.45, 7) is 1.37. The first-order valence-corrected chi connectivity index (χ1v) is 5.65. The van der Waals surface area contributed by atoms with Crippen molar-refractivity contribution < 1.29 is 4.74 Å². The molecule has 1 aromatic carbocycles. The fourth-order valence-corrected chi connectivity index (χ4v) is 2.14. The highest BCUT2D eigenvalue weighted by molar-refractivity contribution is 6.42. The molecule has 0 radical (unpaired) electrons. The first kappa shape index (κ1) is 11.2. The van der Waals surface area contributed by atoms with Crippen LogP contribution in [0.15, 0.2) is 18.2 Å². The van der Waals surface area contributed by atoms with Gasteiger partial charge in [0.1, 0.15) is 0 Å². The van der Waals surface area contributed by atoms with Gasteiger partial charge in [-0.3, -0.25) is 0 Å². The van der Waals surface area contributed by atoms with Crippen molar-refractivity contribution in [2.75, 3.05) is 13.2 Å². The van der Waals surface area contributed by atoms with Crippen LogP contribution in [-0.2, 0) is 11.2 Å². The van der Waals surface area contributed by atoms with Crippen LogP contribution >= 0.6 is 23.2 Å². The van der Waals surface area contributed by atoms with Crippen LogP contribution in [0, 0.1) is 0 Å². The number of hydrogen-bond donors (Lipinski definition) is 1. The third kappa shape index (κ3) is 2.64. The molecule has 1 unspecified atom stereocenters. The van der Waals surface area contributed by atoms with Gasteiger partial charge in [-0.05, 0) is 30.5 Å². The van der Waals surface area contributed by atoms with Crippen LogP contribution in [0.3, 0.4) is 0 Å². The lowest BCUT2D eigenvalue weighted by molar-refractivity contribution is 0.178. The molecule has 0 saturated carbocycles. The van der Waals surface area contributed by atoms with E-state index in [1.54, 1.807) is 6.07 Å². The molecule has 0 spiro atoms. The lowest BCUT2D eigenvalue weighted by Crippen LogP contribution is -2.42. The van der Waals surface area contributed by atoms with Crippen molar-refractivity contribution in [1.82, 2.24) is 0 Å². The average molecular weight is 246 g/mol. The molecule has 82 valence electrons. The van der Waals surface area contributed by atoms with Gasteiger partial charge in [-0.1, -0.05) is 29.3 Å². The number of ether oxygens (including phenoxy) is 1. The van der Waals surface area contributed by atoms with Crippen molar-refractivity contribution in [3.05, 3.63) is 33.8 Å². The summed E-state index contributed by atoms with van der Waals surface area (Å²) in [6, 6.07) is 5.64. The molecule has 1 atom stereocenters. The van der Waals surface area contributed by atoms with Crippen LogP contribution in [0.4, 0.5) is 0 Å². The monoisotopic (exact) mass is 245 g/mol. The van der Waals surface area contributed by atoms with Gasteiger partial charge in [0.25, 0.3) is 0 Å². The highest BCUT2D eigenvalue weighted by Crippen LogP contribution is 2.26. The van der Waals surface area contributed by atoms with E-state index < -0.39 is 0 Å². The van der Waals surface area contributed by atoms with E-state index in [4.69, 9.17) is 33.7 Å². The Morgan fingerprint density at radius 2 is 2.13 bits per heavy atom. The Hall–Kier alpha value is -0.280. The quantitative estimate of drug-likeness (QED) is 0.870. The highest BCUT2D eigenvalue weighted by Gasteiger charge is 2.30. The molecular weight excluding hydrogens is 233 g/mol. The molecule has 15 heavy (non-hydrogen) atoms. The fraction of sp³-hybridized carbons (Fsp3) is 0.455. The van der Waals surface area contributed by atoms with Crippen molar-refractivity contribution in [3.63, 3.8) is 0 Å². The number of halogens is 2. The van der Waals surface area contributed by atoms with Crippen LogP contribution in [0.2, 0.25) is 10.0 Å². The van der Waals surface area contributed by atoms with E-state index in [2.05, 4.69) is 0 Å². The van der Waals surface area contributed by atoms with Crippen molar-refractivity contribution in [1.29, 1.82) is 0 Å². The van der Waals surface area contributed by atoms with Crippen LogP contribution in [0.1, 0.15) is 12.0 Å². The molecule has 1 heterocycles. The maximum absolute atomic E-state index is 6.18. The number of rotatable bonds is 2. The van der Waals surface area contributed by atoms with Crippen LogP contribution in [0.25, 0.3) is 0 Å². The first-order chi connectivity index (χ1) is 7.09.